The van der Waals surface area contributed by atoms with Crippen LogP contribution in [0.15, 0.2) is 71.0 Å². The second-order valence-electron chi connectivity index (χ2n) is 8.72. The third-order valence-electron chi connectivity index (χ3n) is 6.54. The smallest absolute Gasteiger partial charge is 0.416 e. The molecule has 0 radical (unpaired) electrons. The van der Waals surface area contributed by atoms with Gasteiger partial charge >= 0.3 is 12.1 Å². The summed E-state index contributed by atoms with van der Waals surface area (Å²) in [5, 5.41) is 1.15. The average Bonchev–Trinajstić information content (AvgIpc) is 3.29. The van der Waals surface area contributed by atoms with E-state index in [1.165, 1.54) is 13.2 Å². The summed E-state index contributed by atoms with van der Waals surface area (Å²) in [6.45, 7) is 4.86. The van der Waals surface area contributed by atoms with Gasteiger partial charge < -0.3 is 19.5 Å². The number of rotatable bonds is 6. The minimum atomic E-state index is -4.51. The predicted molar refractivity (Wildman–Crippen MR) is 133 cm³/mol. The van der Waals surface area contributed by atoms with Crippen LogP contribution in [0.4, 0.5) is 13.2 Å². The SMILES string of the molecule is CCN1C(N(C)CCc2c[nH]c3ccccc23)=N[C@@H](c2cccc(C(F)(F)F)c2)C(C(=O)OC)=C1C. The van der Waals surface area contributed by atoms with E-state index in [1.54, 1.807) is 13.0 Å². The number of guanidine groups is 1. The van der Waals surface area contributed by atoms with Crippen molar-refractivity contribution in [2.75, 3.05) is 27.2 Å². The van der Waals surface area contributed by atoms with Crippen molar-refractivity contribution in [2.45, 2.75) is 32.5 Å². The second kappa shape index (κ2) is 10.1. The van der Waals surface area contributed by atoms with Crippen LogP contribution in [0.1, 0.15) is 36.6 Å². The third kappa shape index (κ3) is 4.82. The van der Waals surface area contributed by atoms with Crippen LogP contribution in [-0.4, -0.2) is 54.0 Å². The Kier molecular flexibility index (Phi) is 7.10. The molecule has 0 spiro atoms. The third-order valence-corrected chi connectivity index (χ3v) is 6.54. The number of benzene rings is 2. The monoisotopic (exact) mass is 498 g/mol. The lowest BCUT2D eigenvalue weighted by atomic mass is 9.94. The molecule has 0 saturated carbocycles. The van der Waals surface area contributed by atoms with Gasteiger partial charge in [-0.1, -0.05) is 30.3 Å². The van der Waals surface area contributed by atoms with E-state index in [0.717, 1.165) is 35.0 Å². The van der Waals surface area contributed by atoms with Gasteiger partial charge in [0.05, 0.1) is 18.2 Å². The standard InChI is InChI=1S/C27H29F3N4O2/c1-5-34-17(2)23(25(35)36-4)24(18-9-8-10-20(15-18)27(28,29)30)32-26(34)33(3)14-13-19-16-31-22-12-7-6-11-21(19)22/h6-12,15-16,24,31H,5,13-14H2,1-4H3/t24-/m0/s1. The van der Waals surface area contributed by atoms with Crippen LogP contribution in [-0.2, 0) is 22.1 Å². The van der Waals surface area contributed by atoms with Crippen molar-refractivity contribution in [3.05, 3.63) is 82.7 Å². The number of aromatic amines is 1. The second-order valence-corrected chi connectivity index (χ2v) is 8.72. The first-order valence-electron chi connectivity index (χ1n) is 11.7. The number of aliphatic imine (C=N–C) groups is 1. The molecule has 0 unspecified atom stereocenters. The summed E-state index contributed by atoms with van der Waals surface area (Å²) in [7, 11) is 3.16. The van der Waals surface area contributed by atoms with Crippen LogP contribution < -0.4 is 0 Å². The number of para-hydroxylation sites is 1. The summed E-state index contributed by atoms with van der Waals surface area (Å²) in [6.07, 6.45) is -1.78. The highest BCUT2D eigenvalue weighted by Crippen LogP contribution is 2.38. The first-order valence-corrected chi connectivity index (χ1v) is 11.7. The molecule has 0 amide bonds. The van der Waals surface area contributed by atoms with Crippen molar-refractivity contribution in [1.29, 1.82) is 0 Å². The first kappa shape index (κ1) is 25.3. The number of H-pyrrole nitrogens is 1. The van der Waals surface area contributed by atoms with E-state index in [9.17, 15) is 18.0 Å². The topological polar surface area (TPSA) is 60.9 Å². The minimum absolute atomic E-state index is 0.229. The molecule has 1 aromatic heterocycles. The summed E-state index contributed by atoms with van der Waals surface area (Å²) in [4.78, 5) is 24.7. The molecule has 0 saturated heterocycles. The number of carbonyl (C=O) groups is 1. The molecule has 2 aromatic carbocycles. The maximum atomic E-state index is 13.4. The molecule has 9 heteroatoms. The summed E-state index contributed by atoms with van der Waals surface area (Å²) >= 11 is 0. The van der Waals surface area contributed by atoms with Crippen molar-refractivity contribution in [1.82, 2.24) is 14.8 Å². The van der Waals surface area contributed by atoms with Crippen molar-refractivity contribution < 1.29 is 22.7 Å². The maximum Gasteiger partial charge on any atom is 0.416 e. The Bertz CT molecular complexity index is 1330. The van der Waals surface area contributed by atoms with E-state index in [1.807, 2.05) is 48.2 Å². The number of hydrogen-bond acceptors (Lipinski definition) is 5. The molecule has 4 rings (SSSR count). The van der Waals surface area contributed by atoms with E-state index in [2.05, 4.69) is 11.1 Å². The normalized spacial score (nSPS) is 16.4. The molecule has 1 atom stereocenters. The first-order chi connectivity index (χ1) is 17.2. The molecule has 2 heterocycles. The highest BCUT2D eigenvalue weighted by Gasteiger charge is 2.36. The molecule has 190 valence electrons. The number of halogens is 3. The number of aromatic nitrogens is 1. The predicted octanol–water partition coefficient (Wildman–Crippen LogP) is 5.54. The summed E-state index contributed by atoms with van der Waals surface area (Å²) < 4.78 is 45.3. The molecule has 6 nitrogen and oxygen atoms in total. The van der Waals surface area contributed by atoms with Crippen molar-refractivity contribution in [2.24, 2.45) is 4.99 Å². The zero-order chi connectivity index (χ0) is 26.0. The number of carbonyl (C=O) groups excluding carboxylic acids is 1. The lowest BCUT2D eigenvalue weighted by molar-refractivity contribution is -0.137. The Morgan fingerprint density at radius 1 is 1.19 bits per heavy atom. The van der Waals surface area contributed by atoms with Gasteiger partial charge in [0, 0.05) is 42.9 Å². The molecular weight excluding hydrogens is 469 g/mol. The van der Waals surface area contributed by atoms with Crippen molar-refractivity contribution in [3.8, 4) is 0 Å². The minimum Gasteiger partial charge on any atom is -0.466 e. The van der Waals surface area contributed by atoms with Crippen LogP contribution in [0, 0.1) is 0 Å². The van der Waals surface area contributed by atoms with Crippen LogP contribution in [0.25, 0.3) is 10.9 Å². The van der Waals surface area contributed by atoms with Gasteiger partial charge in [0.2, 0.25) is 5.96 Å². The molecule has 3 aromatic rings. The lowest BCUT2D eigenvalue weighted by Gasteiger charge is -2.38. The number of esters is 1. The fourth-order valence-electron chi connectivity index (χ4n) is 4.65. The van der Waals surface area contributed by atoms with E-state index >= 15 is 0 Å². The molecule has 0 aliphatic carbocycles. The van der Waals surface area contributed by atoms with Crippen molar-refractivity contribution in [3.63, 3.8) is 0 Å². The van der Waals surface area contributed by atoms with E-state index < -0.39 is 23.8 Å². The van der Waals surface area contributed by atoms with Crippen LogP contribution in [0.3, 0.4) is 0 Å². The number of alkyl halides is 3. The van der Waals surface area contributed by atoms with Gasteiger partial charge in [0.25, 0.3) is 0 Å². The fraction of sp³-hybridized carbons (Fsp3) is 0.333. The van der Waals surface area contributed by atoms with E-state index in [0.29, 0.717) is 24.7 Å². The number of likely N-dealkylation sites (N-methyl/N-ethyl adjacent to an activating group) is 1. The number of methoxy groups -OCH3 is 1. The van der Waals surface area contributed by atoms with Gasteiger partial charge in [-0.2, -0.15) is 13.2 Å². The summed E-state index contributed by atoms with van der Waals surface area (Å²) in [5.74, 6) is -0.0255. The summed E-state index contributed by atoms with van der Waals surface area (Å²) in [6, 6.07) is 12.1. The van der Waals surface area contributed by atoms with Gasteiger partial charge in [0.1, 0.15) is 6.04 Å². The number of ether oxygens (including phenoxy) is 1. The van der Waals surface area contributed by atoms with Crippen molar-refractivity contribution >= 4 is 22.8 Å². The molecule has 0 fully saturated rings. The van der Waals surface area contributed by atoms with Crippen LogP contribution in [0.2, 0.25) is 0 Å². The Balaban J connectivity index is 1.70. The lowest BCUT2D eigenvalue weighted by Crippen LogP contribution is -2.46. The molecule has 1 aliphatic rings. The molecule has 0 bridgehead atoms. The highest BCUT2D eigenvalue weighted by molar-refractivity contribution is 5.95. The highest BCUT2D eigenvalue weighted by atomic mass is 19.4. The molecular formula is C27H29F3N4O2. The molecule has 1 N–H and O–H groups in total. The maximum absolute atomic E-state index is 13.4. The average molecular weight is 499 g/mol. The quantitative estimate of drug-likeness (QED) is 0.454. The molecule has 36 heavy (non-hydrogen) atoms. The van der Waals surface area contributed by atoms with E-state index in [-0.39, 0.29) is 11.1 Å². The number of nitrogens with zero attached hydrogens (tertiary/aromatic N) is 3. The van der Waals surface area contributed by atoms with Crippen LogP contribution >= 0.6 is 0 Å². The number of nitrogens with one attached hydrogen (secondary N) is 1. The van der Waals surface area contributed by atoms with Gasteiger partial charge in [-0.15, -0.1) is 0 Å². The zero-order valence-corrected chi connectivity index (χ0v) is 20.7. The van der Waals surface area contributed by atoms with Gasteiger partial charge in [0.15, 0.2) is 0 Å². The van der Waals surface area contributed by atoms with Gasteiger partial charge in [-0.3, -0.25) is 0 Å². The Morgan fingerprint density at radius 3 is 2.64 bits per heavy atom. The summed E-state index contributed by atoms with van der Waals surface area (Å²) in [5.41, 5.74) is 2.55. The fourth-order valence-corrected chi connectivity index (χ4v) is 4.65. The Morgan fingerprint density at radius 2 is 1.94 bits per heavy atom. The Hall–Kier alpha value is -3.75. The number of allylic oxidation sites excluding steroid dienone is 1. The zero-order valence-electron chi connectivity index (χ0n) is 20.7. The molecule has 1 aliphatic heterocycles. The number of hydrogen-bond donors (Lipinski definition) is 1. The van der Waals surface area contributed by atoms with Gasteiger partial charge in [-0.05, 0) is 49.6 Å². The number of fused-ring (bicyclic) bond motifs is 1. The van der Waals surface area contributed by atoms with E-state index in [4.69, 9.17) is 9.73 Å². The Labute approximate surface area is 208 Å². The largest absolute Gasteiger partial charge is 0.466 e. The van der Waals surface area contributed by atoms with Gasteiger partial charge in [-0.25, -0.2) is 9.79 Å². The van der Waals surface area contributed by atoms with Crippen LogP contribution in [0.5, 0.6) is 0 Å².